The van der Waals surface area contributed by atoms with Gasteiger partial charge in [-0.3, -0.25) is 0 Å². The summed E-state index contributed by atoms with van der Waals surface area (Å²) in [6.45, 7) is 8.80. The predicted molar refractivity (Wildman–Crippen MR) is 72.6 cm³/mol. The number of hydrogen-bond donors (Lipinski definition) is 1. The summed E-state index contributed by atoms with van der Waals surface area (Å²) < 4.78 is 0. The molecule has 0 aromatic carbocycles. The Hall–Kier alpha value is -0.0400. The van der Waals surface area contributed by atoms with Crippen LogP contribution in [0.25, 0.3) is 0 Å². The number of hydrogen-bond acceptors (Lipinski definition) is 1. The molecule has 0 radical (unpaired) electrons. The monoisotopic (exact) mass is 228 g/mol. The van der Waals surface area contributed by atoms with E-state index in [4.69, 9.17) is 0 Å². The van der Waals surface area contributed by atoms with Gasteiger partial charge in [0.05, 0.1) is 6.10 Å². The second kappa shape index (κ2) is 10.1. The van der Waals surface area contributed by atoms with Crippen LogP contribution >= 0.6 is 0 Å². The number of aliphatic hydroxyl groups is 1. The van der Waals surface area contributed by atoms with E-state index in [1.165, 1.54) is 44.9 Å². The smallest absolute Gasteiger partial charge is 0.0514 e. The average Bonchev–Trinajstić information content (AvgIpc) is 2.17. The van der Waals surface area contributed by atoms with Crippen LogP contribution in [-0.4, -0.2) is 11.2 Å². The highest BCUT2D eigenvalue weighted by Gasteiger charge is 2.07. The molecule has 0 aliphatic carbocycles. The van der Waals surface area contributed by atoms with Crippen LogP contribution in [0, 0.1) is 11.8 Å². The van der Waals surface area contributed by atoms with Crippen molar-refractivity contribution >= 4 is 0 Å². The molecule has 3 atom stereocenters. The molecule has 0 spiro atoms. The third-order valence-electron chi connectivity index (χ3n) is 3.44. The van der Waals surface area contributed by atoms with Gasteiger partial charge in [0.1, 0.15) is 0 Å². The van der Waals surface area contributed by atoms with Crippen molar-refractivity contribution < 1.29 is 5.11 Å². The Morgan fingerprint density at radius 1 is 0.812 bits per heavy atom. The van der Waals surface area contributed by atoms with E-state index in [1.807, 2.05) is 6.92 Å². The standard InChI is InChI=1S/C15H32O/c1-5-6-7-9-13(2)10-8-11-14(3)12-15(4)16/h13-16H,5-12H2,1-4H3. The quantitative estimate of drug-likeness (QED) is 0.533. The zero-order chi connectivity index (χ0) is 12.4. The first kappa shape index (κ1) is 16.0. The Balaban J connectivity index is 3.35. The van der Waals surface area contributed by atoms with Crippen molar-refractivity contribution in [1.29, 1.82) is 0 Å². The third-order valence-corrected chi connectivity index (χ3v) is 3.44. The van der Waals surface area contributed by atoms with E-state index < -0.39 is 0 Å². The Labute approximate surface area is 103 Å². The summed E-state index contributed by atoms with van der Waals surface area (Å²) in [6, 6.07) is 0. The van der Waals surface area contributed by atoms with Gasteiger partial charge in [-0.2, -0.15) is 0 Å². The van der Waals surface area contributed by atoms with Crippen molar-refractivity contribution in [2.24, 2.45) is 11.8 Å². The summed E-state index contributed by atoms with van der Waals surface area (Å²) in [7, 11) is 0. The second-order valence-electron chi connectivity index (χ2n) is 5.72. The van der Waals surface area contributed by atoms with Crippen LogP contribution in [0.3, 0.4) is 0 Å². The predicted octanol–water partition coefficient (Wildman–Crippen LogP) is 4.78. The molecule has 0 aromatic heterocycles. The van der Waals surface area contributed by atoms with Gasteiger partial charge in [0.2, 0.25) is 0 Å². The highest BCUT2D eigenvalue weighted by Crippen LogP contribution is 2.20. The maximum Gasteiger partial charge on any atom is 0.0514 e. The lowest BCUT2D eigenvalue weighted by molar-refractivity contribution is 0.160. The lowest BCUT2D eigenvalue weighted by Crippen LogP contribution is -2.07. The second-order valence-corrected chi connectivity index (χ2v) is 5.72. The Morgan fingerprint density at radius 2 is 1.38 bits per heavy atom. The zero-order valence-corrected chi connectivity index (χ0v) is 11.8. The van der Waals surface area contributed by atoms with Crippen LogP contribution in [0.4, 0.5) is 0 Å². The minimum atomic E-state index is -0.128. The van der Waals surface area contributed by atoms with E-state index in [2.05, 4.69) is 20.8 Å². The van der Waals surface area contributed by atoms with E-state index in [-0.39, 0.29) is 6.10 Å². The molecular formula is C15H32O. The van der Waals surface area contributed by atoms with Crippen LogP contribution < -0.4 is 0 Å². The van der Waals surface area contributed by atoms with E-state index in [0.717, 1.165) is 12.3 Å². The molecule has 0 amide bonds. The van der Waals surface area contributed by atoms with Crippen LogP contribution in [0.15, 0.2) is 0 Å². The van der Waals surface area contributed by atoms with Crippen LogP contribution in [-0.2, 0) is 0 Å². The third kappa shape index (κ3) is 10.5. The van der Waals surface area contributed by atoms with Gasteiger partial charge in [-0.05, 0) is 25.2 Å². The summed E-state index contributed by atoms with van der Waals surface area (Å²) >= 11 is 0. The summed E-state index contributed by atoms with van der Waals surface area (Å²) in [6.07, 6.45) is 10.3. The normalized spacial score (nSPS) is 17.1. The largest absolute Gasteiger partial charge is 0.393 e. The summed E-state index contributed by atoms with van der Waals surface area (Å²) in [5.41, 5.74) is 0. The van der Waals surface area contributed by atoms with Gasteiger partial charge in [-0.15, -0.1) is 0 Å². The van der Waals surface area contributed by atoms with E-state index in [1.54, 1.807) is 0 Å². The minimum Gasteiger partial charge on any atom is -0.393 e. The fraction of sp³-hybridized carbons (Fsp3) is 1.00. The maximum atomic E-state index is 9.27. The molecule has 98 valence electrons. The fourth-order valence-corrected chi connectivity index (χ4v) is 2.40. The van der Waals surface area contributed by atoms with Crippen molar-refractivity contribution in [3.63, 3.8) is 0 Å². The van der Waals surface area contributed by atoms with Crippen molar-refractivity contribution in [2.75, 3.05) is 0 Å². The lowest BCUT2D eigenvalue weighted by atomic mass is 9.93. The molecule has 0 heterocycles. The molecule has 1 heteroatoms. The molecule has 0 aliphatic rings. The van der Waals surface area contributed by atoms with Crippen molar-refractivity contribution in [3.8, 4) is 0 Å². The topological polar surface area (TPSA) is 20.2 Å². The molecule has 3 unspecified atom stereocenters. The summed E-state index contributed by atoms with van der Waals surface area (Å²) in [5, 5.41) is 9.27. The Bertz CT molecular complexity index is 142. The maximum absolute atomic E-state index is 9.27. The van der Waals surface area contributed by atoms with Crippen LogP contribution in [0.2, 0.25) is 0 Å². The van der Waals surface area contributed by atoms with Crippen LogP contribution in [0.1, 0.15) is 79.1 Å². The molecule has 0 rings (SSSR count). The van der Waals surface area contributed by atoms with Gasteiger partial charge in [0.25, 0.3) is 0 Å². The van der Waals surface area contributed by atoms with E-state index in [9.17, 15) is 5.11 Å². The lowest BCUT2D eigenvalue weighted by Gasteiger charge is -2.15. The highest BCUT2D eigenvalue weighted by molar-refractivity contribution is 4.60. The molecule has 0 saturated carbocycles. The first-order chi connectivity index (χ1) is 7.56. The van der Waals surface area contributed by atoms with E-state index >= 15 is 0 Å². The first-order valence-corrected chi connectivity index (χ1v) is 7.24. The van der Waals surface area contributed by atoms with Gasteiger partial charge < -0.3 is 5.11 Å². The molecule has 16 heavy (non-hydrogen) atoms. The van der Waals surface area contributed by atoms with Gasteiger partial charge in [-0.1, -0.05) is 65.7 Å². The number of aliphatic hydroxyl groups excluding tert-OH is 1. The number of rotatable bonds is 10. The van der Waals surface area contributed by atoms with E-state index in [0.29, 0.717) is 5.92 Å². The Kier molecular flexibility index (Phi) is 10.1. The van der Waals surface area contributed by atoms with Crippen molar-refractivity contribution in [2.45, 2.75) is 85.2 Å². The van der Waals surface area contributed by atoms with Gasteiger partial charge in [0.15, 0.2) is 0 Å². The first-order valence-electron chi connectivity index (χ1n) is 7.24. The highest BCUT2D eigenvalue weighted by atomic mass is 16.3. The number of unbranched alkanes of at least 4 members (excludes halogenated alkanes) is 2. The van der Waals surface area contributed by atoms with Crippen LogP contribution in [0.5, 0.6) is 0 Å². The average molecular weight is 228 g/mol. The van der Waals surface area contributed by atoms with Crippen molar-refractivity contribution in [1.82, 2.24) is 0 Å². The molecule has 0 fully saturated rings. The molecular weight excluding hydrogens is 196 g/mol. The Morgan fingerprint density at radius 3 is 1.94 bits per heavy atom. The fourth-order valence-electron chi connectivity index (χ4n) is 2.40. The molecule has 0 saturated heterocycles. The minimum absolute atomic E-state index is 0.128. The molecule has 1 nitrogen and oxygen atoms in total. The molecule has 0 bridgehead atoms. The van der Waals surface area contributed by atoms with Gasteiger partial charge in [0, 0.05) is 0 Å². The zero-order valence-electron chi connectivity index (χ0n) is 11.8. The molecule has 0 aliphatic heterocycles. The molecule has 1 N–H and O–H groups in total. The van der Waals surface area contributed by atoms with Crippen molar-refractivity contribution in [3.05, 3.63) is 0 Å². The van der Waals surface area contributed by atoms with Gasteiger partial charge >= 0.3 is 0 Å². The SMILES string of the molecule is CCCCCC(C)CCCC(C)CC(C)O. The summed E-state index contributed by atoms with van der Waals surface area (Å²) in [5.74, 6) is 1.58. The van der Waals surface area contributed by atoms with Gasteiger partial charge in [-0.25, -0.2) is 0 Å². The molecule has 0 aromatic rings. The summed E-state index contributed by atoms with van der Waals surface area (Å²) in [4.78, 5) is 0.